The van der Waals surface area contributed by atoms with Crippen LogP contribution in [0.3, 0.4) is 0 Å². The summed E-state index contributed by atoms with van der Waals surface area (Å²) in [6.07, 6.45) is 5.78. The maximum absolute atomic E-state index is 13.8. The molecule has 1 aliphatic rings. The molecule has 1 atom stereocenters. The Balaban J connectivity index is 2.00. The minimum absolute atomic E-state index is 0.106. The highest BCUT2D eigenvalue weighted by Crippen LogP contribution is 2.23. The number of unbranched alkanes of at least 4 members (excludes halogenated alkanes) is 1. The molecule has 9 nitrogen and oxygen atoms in total. The third-order valence-corrected chi connectivity index (χ3v) is 6.39. The van der Waals surface area contributed by atoms with Gasteiger partial charge in [-0.05, 0) is 37.0 Å². The van der Waals surface area contributed by atoms with Gasteiger partial charge in [-0.15, -0.1) is 0 Å². The first-order valence-corrected chi connectivity index (χ1v) is 12.4. The molecular weight excluding hydrogens is 462 g/mol. The number of carbonyl (C=O) groups excluding carboxylic acids is 3. The molecule has 1 fully saturated rings. The number of amides is 2. The number of esters is 1. The van der Waals surface area contributed by atoms with Crippen LogP contribution in [0, 0.1) is 10.1 Å². The molecule has 2 aromatic carbocycles. The molecule has 2 N–H and O–H groups in total. The van der Waals surface area contributed by atoms with E-state index in [-0.39, 0.29) is 30.3 Å². The van der Waals surface area contributed by atoms with Gasteiger partial charge in [-0.25, -0.2) is 4.79 Å². The van der Waals surface area contributed by atoms with Gasteiger partial charge in [-0.2, -0.15) is 0 Å². The number of nitrogens with zero attached hydrogens (tertiary/aromatic N) is 1. The van der Waals surface area contributed by atoms with Crippen LogP contribution >= 0.6 is 0 Å². The highest BCUT2D eigenvalue weighted by molar-refractivity contribution is 6.12. The number of benzene rings is 2. The highest BCUT2D eigenvalue weighted by atomic mass is 16.6. The molecule has 2 amide bonds. The van der Waals surface area contributed by atoms with Gasteiger partial charge in [-0.1, -0.05) is 62.9 Å². The van der Waals surface area contributed by atoms with E-state index >= 15 is 0 Å². The fraction of sp³-hybridized carbons (Fsp3) is 0.444. The van der Waals surface area contributed by atoms with Crippen molar-refractivity contribution in [2.24, 2.45) is 0 Å². The Morgan fingerprint density at radius 2 is 1.69 bits per heavy atom. The van der Waals surface area contributed by atoms with Crippen LogP contribution in [-0.2, 0) is 20.7 Å². The van der Waals surface area contributed by atoms with Gasteiger partial charge in [0.05, 0.1) is 11.5 Å². The number of nitro groups is 1. The summed E-state index contributed by atoms with van der Waals surface area (Å²) in [5.41, 5.74) is -1.40. The molecule has 0 aromatic heterocycles. The van der Waals surface area contributed by atoms with E-state index in [1.54, 1.807) is 30.3 Å². The first kappa shape index (κ1) is 26.8. The SMILES string of the molecule is CCCCOC(=O)C(Cc1ccc([N+](=O)[O-])cc1)(NC(=O)c1ccccc1)C(=O)NC1CCCCC1. The summed E-state index contributed by atoms with van der Waals surface area (Å²) in [7, 11) is 0. The molecule has 0 bridgehead atoms. The molecule has 3 rings (SSSR count). The Hall–Kier alpha value is -3.75. The van der Waals surface area contributed by atoms with Crippen LogP contribution in [0.5, 0.6) is 0 Å². The molecule has 0 radical (unpaired) electrons. The predicted octanol–water partition coefficient (Wildman–Crippen LogP) is 4.10. The van der Waals surface area contributed by atoms with Crippen molar-refractivity contribution in [2.75, 3.05) is 6.61 Å². The van der Waals surface area contributed by atoms with Gasteiger partial charge >= 0.3 is 5.97 Å². The van der Waals surface area contributed by atoms with E-state index in [2.05, 4.69) is 10.6 Å². The number of non-ortho nitro benzene ring substituents is 1. The number of ether oxygens (including phenoxy) is 1. The van der Waals surface area contributed by atoms with Crippen molar-refractivity contribution >= 4 is 23.5 Å². The van der Waals surface area contributed by atoms with E-state index < -0.39 is 28.2 Å². The molecule has 1 aliphatic carbocycles. The topological polar surface area (TPSA) is 128 Å². The van der Waals surface area contributed by atoms with E-state index in [9.17, 15) is 24.5 Å². The predicted molar refractivity (Wildman–Crippen MR) is 134 cm³/mol. The number of nitrogens with one attached hydrogen (secondary N) is 2. The number of nitro benzene ring substituents is 1. The second-order valence-corrected chi connectivity index (χ2v) is 9.12. The van der Waals surface area contributed by atoms with Gasteiger partial charge < -0.3 is 15.4 Å². The minimum Gasteiger partial charge on any atom is -0.464 e. The molecule has 9 heteroatoms. The Bertz CT molecular complexity index is 1050. The average Bonchev–Trinajstić information content (AvgIpc) is 2.89. The summed E-state index contributed by atoms with van der Waals surface area (Å²) in [6, 6.07) is 13.8. The highest BCUT2D eigenvalue weighted by Gasteiger charge is 2.49. The second kappa shape index (κ2) is 12.8. The Labute approximate surface area is 210 Å². The van der Waals surface area contributed by atoms with Crippen molar-refractivity contribution in [3.8, 4) is 0 Å². The molecular formula is C27H33N3O6. The molecule has 0 spiro atoms. The van der Waals surface area contributed by atoms with Crippen molar-refractivity contribution in [1.29, 1.82) is 0 Å². The van der Waals surface area contributed by atoms with Crippen molar-refractivity contribution in [3.63, 3.8) is 0 Å². The molecule has 2 aromatic rings. The lowest BCUT2D eigenvalue weighted by Crippen LogP contribution is -2.66. The molecule has 0 saturated heterocycles. The number of hydrogen-bond acceptors (Lipinski definition) is 6. The van der Waals surface area contributed by atoms with Crippen LogP contribution in [0.4, 0.5) is 5.69 Å². The molecule has 0 aliphatic heterocycles. The molecule has 1 saturated carbocycles. The smallest absolute Gasteiger partial charge is 0.342 e. The summed E-state index contributed by atoms with van der Waals surface area (Å²) in [4.78, 5) is 51.2. The van der Waals surface area contributed by atoms with E-state index in [0.717, 1.165) is 38.5 Å². The summed E-state index contributed by atoms with van der Waals surface area (Å²) in [5.74, 6) is -2.09. The van der Waals surface area contributed by atoms with Crippen LogP contribution in [0.2, 0.25) is 0 Å². The van der Waals surface area contributed by atoms with Crippen molar-refractivity contribution in [2.45, 2.75) is 69.9 Å². The second-order valence-electron chi connectivity index (χ2n) is 9.12. The van der Waals surface area contributed by atoms with E-state index in [1.807, 2.05) is 6.92 Å². The fourth-order valence-corrected chi connectivity index (χ4v) is 4.28. The van der Waals surface area contributed by atoms with Crippen molar-refractivity contribution < 1.29 is 24.0 Å². The number of carbonyl (C=O) groups is 3. The van der Waals surface area contributed by atoms with E-state index in [0.29, 0.717) is 12.0 Å². The average molecular weight is 496 g/mol. The van der Waals surface area contributed by atoms with Gasteiger partial charge in [-0.3, -0.25) is 19.7 Å². The molecule has 36 heavy (non-hydrogen) atoms. The number of rotatable bonds is 11. The Morgan fingerprint density at radius 1 is 1.03 bits per heavy atom. The van der Waals surface area contributed by atoms with Gasteiger partial charge in [0.15, 0.2) is 0 Å². The first-order chi connectivity index (χ1) is 17.4. The summed E-state index contributed by atoms with van der Waals surface area (Å²) in [5, 5.41) is 16.8. The summed E-state index contributed by atoms with van der Waals surface area (Å²) in [6.45, 7) is 2.06. The lowest BCUT2D eigenvalue weighted by atomic mass is 9.87. The fourth-order valence-electron chi connectivity index (χ4n) is 4.28. The monoisotopic (exact) mass is 495 g/mol. The van der Waals surface area contributed by atoms with Crippen molar-refractivity contribution in [3.05, 3.63) is 75.8 Å². The van der Waals surface area contributed by atoms with E-state index in [4.69, 9.17) is 4.74 Å². The molecule has 0 heterocycles. The van der Waals surface area contributed by atoms with Crippen LogP contribution in [0.15, 0.2) is 54.6 Å². The molecule has 192 valence electrons. The maximum atomic E-state index is 13.8. The lowest BCUT2D eigenvalue weighted by Gasteiger charge is -2.34. The van der Waals surface area contributed by atoms with Crippen LogP contribution in [-0.4, -0.2) is 40.9 Å². The van der Waals surface area contributed by atoms with Crippen LogP contribution in [0.25, 0.3) is 0 Å². The Kier molecular flexibility index (Phi) is 9.55. The van der Waals surface area contributed by atoms with Crippen molar-refractivity contribution in [1.82, 2.24) is 10.6 Å². The van der Waals surface area contributed by atoms with Gasteiger partial charge in [0.25, 0.3) is 17.5 Å². The van der Waals surface area contributed by atoms with Gasteiger partial charge in [0.2, 0.25) is 5.54 Å². The summed E-state index contributed by atoms with van der Waals surface area (Å²) >= 11 is 0. The minimum atomic E-state index is -2.05. The zero-order valence-corrected chi connectivity index (χ0v) is 20.5. The quantitative estimate of drug-likeness (QED) is 0.159. The van der Waals surface area contributed by atoms with Gasteiger partial charge in [0.1, 0.15) is 0 Å². The largest absolute Gasteiger partial charge is 0.464 e. The third kappa shape index (κ3) is 6.90. The van der Waals surface area contributed by atoms with E-state index in [1.165, 1.54) is 24.3 Å². The standard InChI is InChI=1S/C27H33N3O6/c1-2-3-18-36-26(33)27(25(32)28-22-12-8-5-9-13-22,29-24(31)21-10-6-4-7-11-21)19-20-14-16-23(17-15-20)30(34)35/h4,6-7,10-11,14-17,22H,2-3,5,8-9,12-13,18-19H2,1H3,(H,28,32)(H,29,31). The van der Waals surface area contributed by atoms with Gasteiger partial charge in [0, 0.05) is 30.2 Å². The molecule has 1 unspecified atom stereocenters. The lowest BCUT2D eigenvalue weighted by molar-refractivity contribution is -0.384. The first-order valence-electron chi connectivity index (χ1n) is 12.4. The van der Waals surface area contributed by atoms with Crippen LogP contribution < -0.4 is 10.6 Å². The normalized spacial score (nSPS) is 15.4. The zero-order valence-electron chi connectivity index (χ0n) is 20.5. The third-order valence-electron chi connectivity index (χ3n) is 6.39. The Morgan fingerprint density at radius 3 is 2.31 bits per heavy atom. The number of hydrogen-bond donors (Lipinski definition) is 2. The van der Waals surface area contributed by atoms with Crippen LogP contribution in [0.1, 0.15) is 67.8 Å². The maximum Gasteiger partial charge on any atom is 0.342 e. The zero-order chi connectivity index (χ0) is 26.0. The summed E-state index contributed by atoms with van der Waals surface area (Å²) < 4.78 is 5.51.